The molecule has 20 heavy (non-hydrogen) atoms. The second kappa shape index (κ2) is 5.23. The van der Waals surface area contributed by atoms with Crippen LogP contribution in [-0.2, 0) is 0 Å². The standard InChI is InChI=1S/C16H9Cl2NO/c17-11-6-7-12-13(8-11)14(9-20)16(18)19-15(12)10-4-2-1-3-5-10/h1-9H. The van der Waals surface area contributed by atoms with E-state index in [9.17, 15) is 4.79 Å². The number of fused-ring (bicyclic) bond motifs is 1. The summed E-state index contributed by atoms with van der Waals surface area (Å²) in [6.45, 7) is 0. The molecule has 2 aromatic carbocycles. The molecule has 0 spiro atoms. The van der Waals surface area contributed by atoms with Crippen LogP contribution in [0.25, 0.3) is 22.0 Å². The lowest BCUT2D eigenvalue weighted by Gasteiger charge is -2.10. The second-order valence-corrected chi connectivity index (χ2v) is 5.13. The van der Waals surface area contributed by atoms with E-state index in [4.69, 9.17) is 23.2 Å². The van der Waals surface area contributed by atoms with Gasteiger partial charge >= 0.3 is 0 Å². The van der Waals surface area contributed by atoms with Crippen molar-refractivity contribution in [3.05, 3.63) is 64.3 Å². The van der Waals surface area contributed by atoms with E-state index >= 15 is 0 Å². The Morgan fingerprint density at radius 1 is 0.950 bits per heavy atom. The van der Waals surface area contributed by atoms with Crippen LogP contribution < -0.4 is 0 Å². The first kappa shape index (κ1) is 13.1. The van der Waals surface area contributed by atoms with E-state index in [2.05, 4.69) is 4.98 Å². The highest BCUT2D eigenvalue weighted by molar-refractivity contribution is 6.35. The van der Waals surface area contributed by atoms with Gasteiger partial charge in [0.05, 0.1) is 11.3 Å². The molecule has 0 amide bonds. The zero-order chi connectivity index (χ0) is 14.1. The molecule has 0 aliphatic rings. The van der Waals surface area contributed by atoms with Crippen LogP contribution in [0.4, 0.5) is 0 Å². The summed E-state index contributed by atoms with van der Waals surface area (Å²) in [5.74, 6) is 0. The normalized spacial score (nSPS) is 10.7. The van der Waals surface area contributed by atoms with Gasteiger partial charge in [0.1, 0.15) is 5.15 Å². The lowest BCUT2D eigenvalue weighted by molar-refractivity contribution is 0.112. The molecule has 2 nitrogen and oxygen atoms in total. The van der Waals surface area contributed by atoms with Gasteiger partial charge in [-0.1, -0.05) is 59.6 Å². The number of aldehydes is 1. The van der Waals surface area contributed by atoms with Crippen molar-refractivity contribution in [3.63, 3.8) is 0 Å². The average molecular weight is 302 g/mol. The number of rotatable bonds is 2. The number of hydrogen-bond acceptors (Lipinski definition) is 2. The summed E-state index contributed by atoms with van der Waals surface area (Å²) in [7, 11) is 0. The fourth-order valence-corrected chi connectivity index (χ4v) is 2.61. The summed E-state index contributed by atoms with van der Waals surface area (Å²) < 4.78 is 0. The van der Waals surface area contributed by atoms with Gasteiger partial charge in [-0.25, -0.2) is 4.98 Å². The highest BCUT2D eigenvalue weighted by atomic mass is 35.5. The first-order valence-electron chi connectivity index (χ1n) is 6.00. The highest BCUT2D eigenvalue weighted by Gasteiger charge is 2.13. The van der Waals surface area contributed by atoms with Crippen molar-refractivity contribution in [3.8, 4) is 11.3 Å². The topological polar surface area (TPSA) is 30.0 Å². The quantitative estimate of drug-likeness (QED) is 0.491. The zero-order valence-electron chi connectivity index (χ0n) is 10.3. The monoisotopic (exact) mass is 301 g/mol. The van der Waals surface area contributed by atoms with Crippen molar-refractivity contribution >= 4 is 40.3 Å². The largest absolute Gasteiger partial charge is 0.298 e. The van der Waals surface area contributed by atoms with Crippen LogP contribution in [0.15, 0.2) is 48.5 Å². The Balaban J connectivity index is 2.43. The van der Waals surface area contributed by atoms with Gasteiger partial charge in [-0.05, 0) is 17.5 Å². The molecule has 1 aromatic heterocycles. The molecule has 0 aliphatic carbocycles. The third-order valence-electron chi connectivity index (χ3n) is 3.12. The Morgan fingerprint density at radius 2 is 1.70 bits per heavy atom. The molecule has 0 unspecified atom stereocenters. The molecular weight excluding hydrogens is 293 g/mol. The van der Waals surface area contributed by atoms with E-state index < -0.39 is 0 Å². The molecule has 1 heterocycles. The molecule has 0 radical (unpaired) electrons. The maximum Gasteiger partial charge on any atom is 0.153 e. The number of carbonyl (C=O) groups is 1. The van der Waals surface area contributed by atoms with Crippen LogP contribution in [0.1, 0.15) is 10.4 Å². The van der Waals surface area contributed by atoms with E-state index in [1.54, 1.807) is 12.1 Å². The first-order chi connectivity index (χ1) is 9.70. The molecule has 0 bridgehead atoms. The fraction of sp³-hybridized carbons (Fsp3) is 0. The Kier molecular flexibility index (Phi) is 3.43. The Morgan fingerprint density at radius 3 is 2.40 bits per heavy atom. The number of carbonyl (C=O) groups excluding carboxylic acids is 1. The van der Waals surface area contributed by atoms with Gasteiger partial charge in [-0.3, -0.25) is 4.79 Å². The van der Waals surface area contributed by atoms with Gasteiger partial charge < -0.3 is 0 Å². The van der Waals surface area contributed by atoms with Crippen LogP contribution in [0.3, 0.4) is 0 Å². The van der Waals surface area contributed by atoms with Crippen molar-refractivity contribution in [1.82, 2.24) is 4.98 Å². The van der Waals surface area contributed by atoms with Crippen molar-refractivity contribution in [1.29, 1.82) is 0 Å². The summed E-state index contributed by atoms with van der Waals surface area (Å²) in [5.41, 5.74) is 2.05. The van der Waals surface area contributed by atoms with Gasteiger partial charge in [-0.2, -0.15) is 0 Å². The summed E-state index contributed by atoms with van der Waals surface area (Å²) in [5, 5.41) is 2.31. The lowest BCUT2D eigenvalue weighted by atomic mass is 10.0. The smallest absolute Gasteiger partial charge is 0.153 e. The Labute approximate surface area is 126 Å². The van der Waals surface area contributed by atoms with E-state index in [0.29, 0.717) is 22.3 Å². The number of nitrogens with zero attached hydrogens (tertiary/aromatic N) is 1. The van der Waals surface area contributed by atoms with Crippen LogP contribution >= 0.6 is 23.2 Å². The Bertz CT molecular complexity index is 800. The van der Waals surface area contributed by atoms with Gasteiger partial charge in [-0.15, -0.1) is 0 Å². The van der Waals surface area contributed by atoms with Crippen molar-refractivity contribution < 1.29 is 4.79 Å². The van der Waals surface area contributed by atoms with Gasteiger partial charge in [0, 0.05) is 16.0 Å². The minimum absolute atomic E-state index is 0.189. The Hall–Kier alpha value is -1.90. The third-order valence-corrected chi connectivity index (χ3v) is 3.65. The van der Waals surface area contributed by atoms with Gasteiger partial charge in [0.2, 0.25) is 0 Å². The summed E-state index contributed by atoms with van der Waals surface area (Å²) in [6.07, 6.45) is 0.711. The van der Waals surface area contributed by atoms with Crippen LogP contribution in [0.5, 0.6) is 0 Å². The SMILES string of the molecule is O=Cc1c(Cl)nc(-c2ccccc2)c2ccc(Cl)cc12. The number of benzene rings is 2. The van der Waals surface area contributed by atoms with E-state index in [0.717, 1.165) is 16.6 Å². The first-order valence-corrected chi connectivity index (χ1v) is 6.75. The molecule has 0 atom stereocenters. The van der Waals surface area contributed by atoms with E-state index in [1.807, 2.05) is 36.4 Å². The van der Waals surface area contributed by atoms with Crippen LogP contribution in [0, 0.1) is 0 Å². The van der Waals surface area contributed by atoms with Crippen LogP contribution in [0.2, 0.25) is 10.2 Å². The molecule has 98 valence electrons. The highest BCUT2D eigenvalue weighted by Crippen LogP contribution is 2.33. The van der Waals surface area contributed by atoms with E-state index in [-0.39, 0.29) is 5.15 Å². The number of hydrogen-bond donors (Lipinski definition) is 0. The molecule has 3 aromatic rings. The lowest BCUT2D eigenvalue weighted by Crippen LogP contribution is -1.94. The maximum absolute atomic E-state index is 11.2. The summed E-state index contributed by atoms with van der Waals surface area (Å²) >= 11 is 12.1. The average Bonchev–Trinajstić information content (AvgIpc) is 2.47. The molecular formula is C16H9Cl2NO. The molecule has 4 heteroatoms. The molecule has 0 fully saturated rings. The summed E-state index contributed by atoms with van der Waals surface area (Å²) in [4.78, 5) is 15.6. The third kappa shape index (κ3) is 2.17. The van der Waals surface area contributed by atoms with Crippen molar-refractivity contribution in [2.24, 2.45) is 0 Å². The maximum atomic E-state index is 11.2. The van der Waals surface area contributed by atoms with Crippen LogP contribution in [-0.4, -0.2) is 11.3 Å². The predicted molar refractivity (Wildman–Crippen MR) is 82.6 cm³/mol. The number of aromatic nitrogens is 1. The minimum Gasteiger partial charge on any atom is -0.298 e. The molecule has 0 saturated carbocycles. The fourth-order valence-electron chi connectivity index (χ4n) is 2.20. The van der Waals surface area contributed by atoms with Crippen molar-refractivity contribution in [2.75, 3.05) is 0 Å². The number of halogens is 2. The molecule has 0 saturated heterocycles. The molecule has 0 aliphatic heterocycles. The molecule has 3 rings (SSSR count). The molecule has 0 N–H and O–H groups in total. The van der Waals surface area contributed by atoms with E-state index in [1.165, 1.54) is 0 Å². The van der Waals surface area contributed by atoms with Crippen molar-refractivity contribution in [2.45, 2.75) is 0 Å². The number of pyridine rings is 1. The minimum atomic E-state index is 0.189. The van der Waals surface area contributed by atoms with Gasteiger partial charge in [0.25, 0.3) is 0 Å². The second-order valence-electron chi connectivity index (χ2n) is 4.34. The zero-order valence-corrected chi connectivity index (χ0v) is 11.8. The van der Waals surface area contributed by atoms with Gasteiger partial charge in [0.15, 0.2) is 6.29 Å². The summed E-state index contributed by atoms with van der Waals surface area (Å²) in [6, 6.07) is 15.1. The predicted octanol–water partition coefficient (Wildman–Crippen LogP) is 5.02.